The Balaban J connectivity index is 2.38. The zero-order valence-electron chi connectivity index (χ0n) is 18.0. The molecule has 0 bridgehead atoms. The summed E-state index contributed by atoms with van der Waals surface area (Å²) in [5, 5.41) is 0. The number of ether oxygens (including phenoxy) is 1. The maximum absolute atomic E-state index is 13.0. The van der Waals surface area contributed by atoms with E-state index in [9.17, 15) is 4.79 Å². The van der Waals surface area contributed by atoms with Gasteiger partial charge in [-0.25, -0.2) is 9.78 Å². The molecule has 1 aromatic heterocycles. The van der Waals surface area contributed by atoms with Gasteiger partial charge in [-0.05, 0) is 72.5 Å². The van der Waals surface area contributed by atoms with Gasteiger partial charge in [0.05, 0.1) is 0 Å². The van der Waals surface area contributed by atoms with E-state index in [1.165, 1.54) is 19.3 Å². The number of amides is 1. The van der Waals surface area contributed by atoms with Crippen LogP contribution in [-0.4, -0.2) is 40.7 Å². The van der Waals surface area contributed by atoms with Crippen molar-refractivity contribution in [1.82, 2.24) is 9.88 Å². The molecule has 27 heavy (non-hydrogen) atoms. The Labute approximate surface area is 165 Å². The third-order valence-corrected chi connectivity index (χ3v) is 5.19. The second kappa shape index (κ2) is 9.54. The Morgan fingerprint density at radius 2 is 2.15 bits per heavy atom. The number of carbonyl (C=O) groups excluding carboxylic acids is 1. The van der Waals surface area contributed by atoms with Gasteiger partial charge < -0.3 is 4.74 Å². The van der Waals surface area contributed by atoms with Crippen LogP contribution in [0, 0.1) is 0 Å². The lowest BCUT2D eigenvalue weighted by Crippen LogP contribution is -2.43. The first-order chi connectivity index (χ1) is 12.8. The maximum Gasteiger partial charge on any atom is 0.416 e. The van der Waals surface area contributed by atoms with E-state index in [0.29, 0.717) is 6.04 Å². The van der Waals surface area contributed by atoms with E-state index in [1.807, 2.05) is 26.8 Å². The minimum atomic E-state index is -0.530. The van der Waals surface area contributed by atoms with Gasteiger partial charge >= 0.3 is 6.09 Å². The summed E-state index contributed by atoms with van der Waals surface area (Å²) in [6.07, 6.45) is 7.02. The molecule has 1 aliphatic heterocycles. The predicted octanol–water partition coefficient (Wildman–Crippen LogP) is 5.56. The molecule has 5 nitrogen and oxygen atoms in total. The highest BCUT2D eigenvalue weighted by molar-refractivity contribution is 5.88. The lowest BCUT2D eigenvalue weighted by Gasteiger charge is -2.34. The van der Waals surface area contributed by atoms with E-state index in [0.717, 1.165) is 37.3 Å². The standard InChI is InChI=1S/C22H37N3O2/c1-7-9-15-24-16-11-13-19(24)18-12-10-14-23-20(18)25(17(3)8-2)21(26)27-22(4,5)6/h10,12,14,17,19H,7-9,11,13,15-16H2,1-6H3/t17-,19-/m0/s1. The van der Waals surface area contributed by atoms with Crippen molar-refractivity contribution in [2.45, 2.75) is 91.3 Å². The summed E-state index contributed by atoms with van der Waals surface area (Å²) in [4.78, 5) is 22.0. The van der Waals surface area contributed by atoms with Crippen LogP contribution in [0.5, 0.6) is 0 Å². The quantitative estimate of drug-likeness (QED) is 0.626. The third-order valence-electron chi connectivity index (χ3n) is 5.19. The zero-order chi connectivity index (χ0) is 20.0. The van der Waals surface area contributed by atoms with Crippen molar-refractivity contribution < 1.29 is 9.53 Å². The van der Waals surface area contributed by atoms with Crippen LogP contribution < -0.4 is 4.90 Å². The summed E-state index contributed by atoms with van der Waals surface area (Å²) in [5.41, 5.74) is 0.621. The monoisotopic (exact) mass is 375 g/mol. The van der Waals surface area contributed by atoms with Crippen molar-refractivity contribution in [3.8, 4) is 0 Å². The molecule has 0 spiro atoms. The molecule has 2 rings (SSSR count). The molecule has 0 N–H and O–H groups in total. The Kier molecular flexibility index (Phi) is 7.66. The fraction of sp³-hybridized carbons (Fsp3) is 0.727. The van der Waals surface area contributed by atoms with E-state index >= 15 is 0 Å². The first kappa shape index (κ1) is 21.7. The molecule has 0 aliphatic carbocycles. The van der Waals surface area contributed by atoms with Crippen LogP contribution in [0.3, 0.4) is 0 Å². The lowest BCUT2D eigenvalue weighted by molar-refractivity contribution is 0.0565. The van der Waals surface area contributed by atoms with Crippen molar-refractivity contribution in [2.75, 3.05) is 18.0 Å². The second-order valence-corrected chi connectivity index (χ2v) is 8.57. The Morgan fingerprint density at radius 1 is 1.41 bits per heavy atom. The summed E-state index contributed by atoms with van der Waals surface area (Å²) in [5.74, 6) is 0.759. The van der Waals surface area contributed by atoms with Crippen LogP contribution in [-0.2, 0) is 4.74 Å². The number of rotatable bonds is 7. The molecule has 1 aliphatic rings. The van der Waals surface area contributed by atoms with Crippen LogP contribution in [0.2, 0.25) is 0 Å². The molecule has 0 unspecified atom stereocenters. The number of pyridine rings is 1. The molecule has 1 fully saturated rings. The van der Waals surface area contributed by atoms with Gasteiger partial charge in [-0.1, -0.05) is 26.3 Å². The Hall–Kier alpha value is -1.62. The van der Waals surface area contributed by atoms with Gasteiger partial charge in [-0.3, -0.25) is 9.80 Å². The zero-order valence-corrected chi connectivity index (χ0v) is 18.0. The average Bonchev–Trinajstić information content (AvgIpc) is 3.07. The third kappa shape index (κ3) is 5.68. The smallest absolute Gasteiger partial charge is 0.416 e. The largest absolute Gasteiger partial charge is 0.443 e. The molecule has 2 heterocycles. The first-order valence-corrected chi connectivity index (χ1v) is 10.5. The van der Waals surface area contributed by atoms with Crippen molar-refractivity contribution >= 4 is 11.9 Å². The van der Waals surface area contributed by atoms with Gasteiger partial charge in [0.15, 0.2) is 0 Å². The number of aromatic nitrogens is 1. The molecule has 0 saturated carbocycles. The van der Waals surface area contributed by atoms with Gasteiger partial charge in [0, 0.05) is 23.8 Å². The highest BCUT2D eigenvalue weighted by atomic mass is 16.6. The molecule has 152 valence electrons. The summed E-state index contributed by atoms with van der Waals surface area (Å²) >= 11 is 0. The number of hydrogen-bond donors (Lipinski definition) is 0. The van der Waals surface area contributed by atoms with E-state index < -0.39 is 5.60 Å². The number of likely N-dealkylation sites (tertiary alicyclic amines) is 1. The molecule has 5 heteroatoms. The van der Waals surface area contributed by atoms with Crippen molar-refractivity contribution in [1.29, 1.82) is 0 Å². The number of anilines is 1. The van der Waals surface area contributed by atoms with Crippen LogP contribution in [0.4, 0.5) is 10.6 Å². The Morgan fingerprint density at radius 3 is 2.78 bits per heavy atom. The lowest BCUT2D eigenvalue weighted by atomic mass is 10.0. The van der Waals surface area contributed by atoms with E-state index in [2.05, 4.69) is 36.7 Å². The summed E-state index contributed by atoms with van der Waals surface area (Å²) in [7, 11) is 0. The first-order valence-electron chi connectivity index (χ1n) is 10.5. The van der Waals surface area contributed by atoms with Crippen molar-refractivity contribution in [2.24, 2.45) is 0 Å². The average molecular weight is 376 g/mol. The van der Waals surface area contributed by atoms with E-state index in [4.69, 9.17) is 4.74 Å². The number of hydrogen-bond acceptors (Lipinski definition) is 4. The molecule has 0 radical (unpaired) electrons. The number of unbranched alkanes of at least 4 members (excludes halogenated alkanes) is 1. The van der Waals surface area contributed by atoms with Crippen LogP contribution in [0.25, 0.3) is 0 Å². The van der Waals surface area contributed by atoms with Crippen molar-refractivity contribution in [3.05, 3.63) is 23.9 Å². The summed E-state index contributed by atoms with van der Waals surface area (Å²) < 4.78 is 5.72. The normalized spacial score (nSPS) is 19.1. The SMILES string of the molecule is CCCCN1CCC[C@H]1c1cccnc1N(C(=O)OC(C)(C)C)[C@@H](C)CC. The molecular weight excluding hydrogens is 338 g/mol. The molecule has 2 atom stereocenters. The van der Waals surface area contributed by atoms with E-state index in [-0.39, 0.29) is 12.1 Å². The summed E-state index contributed by atoms with van der Waals surface area (Å²) in [6.45, 7) is 14.3. The molecule has 0 aromatic carbocycles. The topological polar surface area (TPSA) is 45.7 Å². The number of carbonyl (C=O) groups is 1. The summed E-state index contributed by atoms with van der Waals surface area (Å²) in [6, 6.07) is 4.48. The van der Waals surface area contributed by atoms with Crippen molar-refractivity contribution in [3.63, 3.8) is 0 Å². The number of nitrogens with zero attached hydrogens (tertiary/aromatic N) is 3. The van der Waals surface area contributed by atoms with Gasteiger partial charge in [0.1, 0.15) is 11.4 Å². The van der Waals surface area contributed by atoms with Gasteiger partial charge in [0.25, 0.3) is 0 Å². The minimum Gasteiger partial charge on any atom is -0.443 e. The minimum absolute atomic E-state index is 0.0268. The highest BCUT2D eigenvalue weighted by Crippen LogP contribution is 2.37. The van der Waals surface area contributed by atoms with Crippen LogP contribution in [0.1, 0.15) is 85.3 Å². The fourth-order valence-electron chi connectivity index (χ4n) is 3.65. The van der Waals surface area contributed by atoms with Gasteiger partial charge in [-0.2, -0.15) is 0 Å². The van der Waals surface area contributed by atoms with Crippen LogP contribution in [0.15, 0.2) is 18.3 Å². The molecule has 1 aromatic rings. The molecule has 1 amide bonds. The molecule has 1 saturated heterocycles. The maximum atomic E-state index is 13.0. The van der Waals surface area contributed by atoms with Gasteiger partial charge in [0.2, 0.25) is 0 Å². The van der Waals surface area contributed by atoms with Crippen LogP contribution >= 0.6 is 0 Å². The highest BCUT2D eigenvalue weighted by Gasteiger charge is 2.34. The molecular formula is C22H37N3O2. The second-order valence-electron chi connectivity index (χ2n) is 8.57. The van der Waals surface area contributed by atoms with Gasteiger partial charge in [-0.15, -0.1) is 0 Å². The fourth-order valence-corrected chi connectivity index (χ4v) is 3.65. The predicted molar refractivity (Wildman–Crippen MR) is 111 cm³/mol. The Bertz CT molecular complexity index is 612. The van der Waals surface area contributed by atoms with E-state index in [1.54, 1.807) is 11.1 Å².